The van der Waals surface area contributed by atoms with Gasteiger partial charge in [-0.3, -0.25) is 4.79 Å². The average Bonchev–Trinajstić information content (AvgIpc) is 3.20. The number of urea groups is 1. The summed E-state index contributed by atoms with van der Waals surface area (Å²) in [5.74, 6) is 0.785. The van der Waals surface area contributed by atoms with Gasteiger partial charge in [-0.15, -0.1) is 0 Å². The number of nitrogens with one attached hydrogen (secondary N) is 2. The molecule has 2 atom stereocenters. The van der Waals surface area contributed by atoms with Crippen LogP contribution in [0.5, 0.6) is 0 Å². The number of hydrogen-bond donors (Lipinski definition) is 2. The van der Waals surface area contributed by atoms with E-state index in [0.29, 0.717) is 39.3 Å². The number of carbonyl (C=O) groups excluding carboxylic acids is 2. The summed E-state index contributed by atoms with van der Waals surface area (Å²) in [5.41, 5.74) is 0. The average molecular weight is 349 g/mol. The Morgan fingerprint density at radius 1 is 1.36 bits per heavy atom. The van der Waals surface area contributed by atoms with E-state index in [-0.39, 0.29) is 18.0 Å². The normalized spacial score (nSPS) is 22.5. The number of ether oxygens (including phenoxy) is 1. The lowest BCUT2D eigenvalue weighted by Crippen LogP contribution is -2.55. The summed E-state index contributed by atoms with van der Waals surface area (Å²) in [7, 11) is 0. The van der Waals surface area contributed by atoms with E-state index in [1.165, 1.54) is 0 Å². The molecule has 0 saturated carbocycles. The van der Waals surface area contributed by atoms with Crippen molar-refractivity contribution in [2.45, 2.75) is 44.7 Å². The molecule has 0 unspecified atom stereocenters. The first kappa shape index (κ1) is 17.7. The lowest BCUT2D eigenvalue weighted by atomic mass is 10.0. The molecule has 3 heterocycles. The lowest BCUT2D eigenvalue weighted by Gasteiger charge is -2.36. The van der Waals surface area contributed by atoms with Crippen LogP contribution in [-0.2, 0) is 9.53 Å². The molecule has 3 rings (SSSR count). The molecule has 2 N–H and O–H groups in total. The Kier molecular flexibility index (Phi) is 5.91. The number of rotatable bonds is 4. The van der Waals surface area contributed by atoms with Gasteiger partial charge >= 0.3 is 6.03 Å². The van der Waals surface area contributed by atoms with Crippen molar-refractivity contribution in [3.05, 3.63) is 18.2 Å². The van der Waals surface area contributed by atoms with Crippen LogP contribution >= 0.6 is 0 Å². The molecule has 1 aromatic rings. The molecule has 0 radical (unpaired) electrons. The minimum atomic E-state index is -0.496. The molecule has 2 aliphatic heterocycles. The topological polar surface area (TPSA) is 90.6 Å². The van der Waals surface area contributed by atoms with Crippen molar-refractivity contribution in [2.24, 2.45) is 0 Å². The van der Waals surface area contributed by atoms with Crippen molar-refractivity contribution in [1.29, 1.82) is 0 Å². The molecule has 1 aromatic heterocycles. The number of nitrogens with zero attached hydrogens (tertiary/aromatic N) is 3. The zero-order chi connectivity index (χ0) is 17.6. The van der Waals surface area contributed by atoms with Crippen molar-refractivity contribution in [2.75, 3.05) is 32.8 Å². The SMILES string of the molecule is CC[C@H](NC(=O)N1CCCC[C@@H]1c1ncc[nH]1)C(=O)N1CCOCC1. The third-order valence-corrected chi connectivity index (χ3v) is 4.93. The van der Waals surface area contributed by atoms with Gasteiger partial charge in [0, 0.05) is 32.0 Å². The number of aromatic amines is 1. The van der Waals surface area contributed by atoms with Crippen LogP contribution in [0.15, 0.2) is 12.4 Å². The Balaban J connectivity index is 1.64. The Bertz CT molecular complexity index is 571. The molecule has 0 bridgehead atoms. The molecular weight excluding hydrogens is 322 g/mol. The quantitative estimate of drug-likeness (QED) is 0.857. The van der Waals surface area contributed by atoms with Crippen LogP contribution in [0, 0.1) is 0 Å². The summed E-state index contributed by atoms with van der Waals surface area (Å²) in [4.78, 5) is 36.5. The van der Waals surface area contributed by atoms with Crippen LogP contribution in [-0.4, -0.2) is 70.6 Å². The van der Waals surface area contributed by atoms with E-state index < -0.39 is 6.04 Å². The highest BCUT2D eigenvalue weighted by atomic mass is 16.5. The second-order valence-corrected chi connectivity index (χ2v) is 6.53. The van der Waals surface area contributed by atoms with E-state index in [4.69, 9.17) is 4.74 Å². The Labute approximate surface area is 147 Å². The molecule has 3 amide bonds. The molecule has 2 aliphatic rings. The highest BCUT2D eigenvalue weighted by molar-refractivity contribution is 5.87. The van der Waals surface area contributed by atoms with Crippen molar-refractivity contribution >= 4 is 11.9 Å². The standard InChI is InChI=1S/C17H27N5O3/c1-2-13(16(23)21-9-11-25-12-10-21)20-17(24)22-8-4-3-5-14(22)15-18-6-7-19-15/h6-7,13-14H,2-5,8-12H2,1H3,(H,18,19)(H,20,24)/t13-,14+/m0/s1. The molecule has 25 heavy (non-hydrogen) atoms. The van der Waals surface area contributed by atoms with Gasteiger partial charge in [-0.1, -0.05) is 6.92 Å². The second kappa shape index (κ2) is 8.33. The van der Waals surface area contributed by atoms with E-state index in [0.717, 1.165) is 25.1 Å². The number of imidazole rings is 1. The maximum Gasteiger partial charge on any atom is 0.318 e. The zero-order valence-electron chi connectivity index (χ0n) is 14.7. The van der Waals surface area contributed by atoms with Crippen molar-refractivity contribution in [3.8, 4) is 0 Å². The predicted octanol–water partition coefficient (Wildman–Crippen LogP) is 1.28. The van der Waals surface area contributed by atoms with Crippen molar-refractivity contribution in [1.82, 2.24) is 25.1 Å². The number of morpholine rings is 1. The smallest absolute Gasteiger partial charge is 0.318 e. The monoisotopic (exact) mass is 349 g/mol. The largest absolute Gasteiger partial charge is 0.378 e. The summed E-state index contributed by atoms with van der Waals surface area (Å²) in [6.07, 6.45) is 6.97. The number of amides is 3. The third kappa shape index (κ3) is 4.12. The van der Waals surface area contributed by atoms with Crippen LogP contribution in [0.2, 0.25) is 0 Å². The van der Waals surface area contributed by atoms with Crippen LogP contribution < -0.4 is 5.32 Å². The summed E-state index contributed by atoms with van der Waals surface area (Å²) >= 11 is 0. The Hall–Kier alpha value is -2.09. The number of hydrogen-bond acceptors (Lipinski definition) is 4. The first-order chi connectivity index (χ1) is 12.2. The summed E-state index contributed by atoms with van der Waals surface area (Å²) in [6.45, 7) is 4.89. The van der Waals surface area contributed by atoms with Crippen LogP contribution in [0.25, 0.3) is 0 Å². The summed E-state index contributed by atoms with van der Waals surface area (Å²) in [5, 5.41) is 2.94. The highest BCUT2D eigenvalue weighted by Crippen LogP contribution is 2.28. The van der Waals surface area contributed by atoms with E-state index in [9.17, 15) is 9.59 Å². The van der Waals surface area contributed by atoms with Gasteiger partial charge in [0.25, 0.3) is 0 Å². The van der Waals surface area contributed by atoms with E-state index in [2.05, 4.69) is 15.3 Å². The van der Waals surface area contributed by atoms with Gasteiger partial charge in [-0.25, -0.2) is 9.78 Å². The molecule has 0 aliphatic carbocycles. The zero-order valence-corrected chi connectivity index (χ0v) is 14.7. The summed E-state index contributed by atoms with van der Waals surface area (Å²) < 4.78 is 5.30. The van der Waals surface area contributed by atoms with Crippen LogP contribution in [0.1, 0.15) is 44.5 Å². The van der Waals surface area contributed by atoms with Gasteiger partial charge in [0.2, 0.25) is 5.91 Å². The fraction of sp³-hybridized carbons (Fsp3) is 0.706. The molecule has 2 saturated heterocycles. The van der Waals surface area contributed by atoms with Crippen LogP contribution in [0.3, 0.4) is 0 Å². The van der Waals surface area contributed by atoms with E-state index in [1.807, 2.05) is 6.92 Å². The van der Waals surface area contributed by atoms with Gasteiger partial charge in [0.05, 0.1) is 19.3 Å². The fourth-order valence-electron chi connectivity index (χ4n) is 3.49. The third-order valence-electron chi connectivity index (χ3n) is 4.93. The maximum atomic E-state index is 12.8. The number of H-pyrrole nitrogens is 1. The molecule has 2 fully saturated rings. The number of aromatic nitrogens is 2. The fourth-order valence-corrected chi connectivity index (χ4v) is 3.49. The van der Waals surface area contributed by atoms with Gasteiger partial charge in [0.1, 0.15) is 11.9 Å². The number of likely N-dealkylation sites (tertiary alicyclic amines) is 1. The maximum absolute atomic E-state index is 12.8. The first-order valence-corrected chi connectivity index (χ1v) is 9.13. The first-order valence-electron chi connectivity index (χ1n) is 9.13. The van der Waals surface area contributed by atoms with Gasteiger partial charge in [0.15, 0.2) is 0 Å². The number of piperidine rings is 1. The molecular formula is C17H27N5O3. The minimum Gasteiger partial charge on any atom is -0.378 e. The molecule has 0 spiro atoms. The molecule has 8 heteroatoms. The van der Waals surface area contributed by atoms with Crippen molar-refractivity contribution < 1.29 is 14.3 Å². The predicted molar refractivity (Wildman–Crippen MR) is 91.9 cm³/mol. The summed E-state index contributed by atoms with van der Waals surface area (Å²) in [6, 6.07) is -0.737. The highest BCUT2D eigenvalue weighted by Gasteiger charge is 2.32. The van der Waals surface area contributed by atoms with Gasteiger partial charge in [-0.2, -0.15) is 0 Å². The Morgan fingerprint density at radius 2 is 2.16 bits per heavy atom. The lowest BCUT2D eigenvalue weighted by molar-refractivity contribution is -0.137. The molecule has 0 aromatic carbocycles. The van der Waals surface area contributed by atoms with Crippen LogP contribution in [0.4, 0.5) is 4.79 Å². The second-order valence-electron chi connectivity index (χ2n) is 6.53. The number of carbonyl (C=O) groups is 2. The minimum absolute atomic E-state index is 0.0225. The molecule has 8 nitrogen and oxygen atoms in total. The Morgan fingerprint density at radius 3 is 2.84 bits per heavy atom. The van der Waals surface area contributed by atoms with Crippen molar-refractivity contribution in [3.63, 3.8) is 0 Å². The van der Waals surface area contributed by atoms with Gasteiger partial charge < -0.3 is 24.8 Å². The van der Waals surface area contributed by atoms with Gasteiger partial charge in [-0.05, 0) is 25.7 Å². The molecule has 138 valence electrons. The van der Waals surface area contributed by atoms with E-state index >= 15 is 0 Å². The van der Waals surface area contributed by atoms with E-state index in [1.54, 1.807) is 22.2 Å².